The Hall–Kier alpha value is -0.120. The summed E-state index contributed by atoms with van der Waals surface area (Å²) in [7, 11) is 0. The highest BCUT2D eigenvalue weighted by molar-refractivity contribution is 4.95. The molecule has 3 heteroatoms. The zero-order valence-corrected chi connectivity index (χ0v) is 9.22. The quantitative estimate of drug-likeness (QED) is 0.582. The van der Waals surface area contributed by atoms with E-state index in [0.29, 0.717) is 0 Å². The largest absolute Gasteiger partial charge is 0.394 e. The van der Waals surface area contributed by atoms with E-state index in [9.17, 15) is 5.11 Å². The van der Waals surface area contributed by atoms with Crippen molar-refractivity contribution in [2.24, 2.45) is 0 Å². The number of hydrogen-bond acceptors (Lipinski definition) is 3. The van der Waals surface area contributed by atoms with E-state index in [1.807, 2.05) is 0 Å². The molecule has 0 atom stereocenters. The lowest BCUT2D eigenvalue weighted by Crippen LogP contribution is -2.54. The Bertz CT molecular complexity index is 141. The molecule has 0 aliphatic heterocycles. The maximum atomic E-state index is 9.17. The smallest absolute Gasteiger partial charge is 0.0613 e. The van der Waals surface area contributed by atoms with Crippen molar-refractivity contribution in [2.45, 2.75) is 44.6 Å². The monoisotopic (exact) mass is 201 g/mol. The van der Waals surface area contributed by atoms with Gasteiger partial charge in [-0.05, 0) is 25.7 Å². The Balaban J connectivity index is 1.92. The first kappa shape index (κ1) is 12.0. The molecule has 1 aliphatic carbocycles. The molecule has 1 saturated carbocycles. The van der Waals surface area contributed by atoms with Crippen molar-refractivity contribution in [3.63, 3.8) is 0 Å². The Morgan fingerprint density at radius 3 is 2.64 bits per heavy atom. The fourth-order valence-corrected chi connectivity index (χ4v) is 1.73. The second-order valence-electron chi connectivity index (χ2n) is 4.18. The molecule has 0 aromatic carbocycles. The van der Waals surface area contributed by atoms with E-state index >= 15 is 0 Å². The van der Waals surface area contributed by atoms with E-state index in [1.54, 1.807) is 0 Å². The lowest BCUT2D eigenvalue weighted by molar-refractivity contribution is 0.0701. The maximum absolute atomic E-state index is 9.17. The van der Waals surface area contributed by atoms with Crippen molar-refractivity contribution < 1.29 is 9.84 Å². The van der Waals surface area contributed by atoms with Gasteiger partial charge < -0.3 is 15.2 Å². The van der Waals surface area contributed by atoms with Gasteiger partial charge in [-0.15, -0.1) is 0 Å². The van der Waals surface area contributed by atoms with Gasteiger partial charge in [0.05, 0.1) is 13.2 Å². The van der Waals surface area contributed by atoms with Gasteiger partial charge in [0, 0.05) is 18.7 Å². The third kappa shape index (κ3) is 3.56. The number of aliphatic hydroxyl groups is 1. The summed E-state index contributed by atoms with van der Waals surface area (Å²) in [5.74, 6) is 0. The van der Waals surface area contributed by atoms with Gasteiger partial charge >= 0.3 is 0 Å². The molecule has 1 fully saturated rings. The summed E-state index contributed by atoms with van der Waals surface area (Å²) in [6.07, 6.45) is 5.79. The predicted octanol–water partition coefficient (Wildman–Crippen LogP) is 1.31. The van der Waals surface area contributed by atoms with Crippen LogP contribution >= 0.6 is 0 Å². The van der Waals surface area contributed by atoms with Crippen LogP contribution in [0.3, 0.4) is 0 Å². The van der Waals surface area contributed by atoms with Crippen LogP contribution in [0.2, 0.25) is 0 Å². The molecule has 84 valence electrons. The molecule has 0 radical (unpaired) electrons. The molecule has 0 aromatic heterocycles. The fraction of sp³-hybridized carbons (Fsp3) is 1.00. The number of nitrogens with one attached hydrogen (secondary N) is 1. The molecular weight excluding hydrogens is 178 g/mol. The van der Waals surface area contributed by atoms with E-state index in [4.69, 9.17) is 4.74 Å². The zero-order chi connectivity index (χ0) is 10.3. The summed E-state index contributed by atoms with van der Waals surface area (Å²) in [6, 6.07) is 0. The van der Waals surface area contributed by atoms with Gasteiger partial charge in [-0.2, -0.15) is 0 Å². The first-order chi connectivity index (χ1) is 6.83. The van der Waals surface area contributed by atoms with Crippen LogP contribution in [0.5, 0.6) is 0 Å². The van der Waals surface area contributed by atoms with Crippen molar-refractivity contribution in [2.75, 3.05) is 26.4 Å². The third-order valence-electron chi connectivity index (χ3n) is 3.00. The lowest BCUT2D eigenvalue weighted by Gasteiger charge is -2.41. The van der Waals surface area contributed by atoms with Crippen LogP contribution in [-0.4, -0.2) is 37.0 Å². The number of ether oxygens (including phenoxy) is 1. The first-order valence-corrected chi connectivity index (χ1v) is 5.76. The minimum absolute atomic E-state index is 0.0358. The normalized spacial score (nSPS) is 19.3. The number of hydrogen-bond donors (Lipinski definition) is 2. The molecule has 0 saturated heterocycles. The minimum Gasteiger partial charge on any atom is -0.394 e. The maximum Gasteiger partial charge on any atom is 0.0613 e. The second-order valence-corrected chi connectivity index (χ2v) is 4.18. The summed E-state index contributed by atoms with van der Waals surface area (Å²) in [5, 5.41) is 12.6. The van der Waals surface area contributed by atoms with Gasteiger partial charge in [0.1, 0.15) is 0 Å². The van der Waals surface area contributed by atoms with Crippen molar-refractivity contribution in [1.82, 2.24) is 5.32 Å². The summed E-state index contributed by atoms with van der Waals surface area (Å²) in [6.45, 7) is 4.93. The van der Waals surface area contributed by atoms with Crippen molar-refractivity contribution in [1.29, 1.82) is 0 Å². The van der Waals surface area contributed by atoms with Crippen molar-refractivity contribution in [3.8, 4) is 0 Å². The molecule has 14 heavy (non-hydrogen) atoms. The Morgan fingerprint density at radius 2 is 2.14 bits per heavy atom. The Kier molecular flexibility index (Phi) is 5.45. The minimum atomic E-state index is 0.0358. The highest BCUT2D eigenvalue weighted by Crippen LogP contribution is 2.30. The molecule has 0 unspecified atom stereocenters. The highest BCUT2D eigenvalue weighted by Gasteiger charge is 2.35. The van der Waals surface area contributed by atoms with Gasteiger partial charge in [0.2, 0.25) is 0 Å². The summed E-state index contributed by atoms with van der Waals surface area (Å²) in [5.41, 5.74) is 0.0358. The molecule has 0 amide bonds. The number of unbranched alkanes of at least 4 members (excludes halogenated alkanes) is 1. The van der Waals surface area contributed by atoms with E-state index in [0.717, 1.165) is 39.0 Å². The van der Waals surface area contributed by atoms with Crippen molar-refractivity contribution >= 4 is 0 Å². The SMILES string of the molecule is CCCCOCCNC1(CO)CCC1. The van der Waals surface area contributed by atoms with E-state index in [1.165, 1.54) is 12.8 Å². The van der Waals surface area contributed by atoms with Gasteiger partial charge in [-0.25, -0.2) is 0 Å². The standard InChI is InChI=1S/C11H23NO2/c1-2-3-8-14-9-7-12-11(10-13)5-4-6-11/h12-13H,2-10H2,1H3. The van der Waals surface area contributed by atoms with E-state index in [2.05, 4.69) is 12.2 Å². The van der Waals surface area contributed by atoms with Gasteiger partial charge in [-0.1, -0.05) is 13.3 Å². The van der Waals surface area contributed by atoms with Gasteiger partial charge in [0.15, 0.2) is 0 Å². The topological polar surface area (TPSA) is 41.5 Å². The molecule has 3 nitrogen and oxygen atoms in total. The van der Waals surface area contributed by atoms with Crippen LogP contribution in [0.25, 0.3) is 0 Å². The average Bonchev–Trinajstić information content (AvgIpc) is 2.15. The second kappa shape index (κ2) is 6.38. The van der Waals surface area contributed by atoms with Crippen LogP contribution in [0.15, 0.2) is 0 Å². The van der Waals surface area contributed by atoms with Crippen LogP contribution < -0.4 is 5.32 Å². The highest BCUT2D eigenvalue weighted by atomic mass is 16.5. The summed E-state index contributed by atoms with van der Waals surface area (Å²) in [4.78, 5) is 0. The molecule has 1 rings (SSSR count). The molecule has 0 bridgehead atoms. The summed E-state index contributed by atoms with van der Waals surface area (Å²) >= 11 is 0. The molecular formula is C11H23NO2. The average molecular weight is 201 g/mol. The van der Waals surface area contributed by atoms with Crippen molar-refractivity contribution in [3.05, 3.63) is 0 Å². The van der Waals surface area contributed by atoms with Crippen LogP contribution in [0.4, 0.5) is 0 Å². The fourth-order valence-electron chi connectivity index (χ4n) is 1.73. The Morgan fingerprint density at radius 1 is 1.36 bits per heavy atom. The Labute approximate surface area is 86.8 Å². The summed E-state index contributed by atoms with van der Waals surface area (Å²) < 4.78 is 5.44. The predicted molar refractivity (Wildman–Crippen MR) is 57.4 cm³/mol. The van der Waals surface area contributed by atoms with Gasteiger partial charge in [-0.3, -0.25) is 0 Å². The molecule has 2 N–H and O–H groups in total. The molecule has 0 aromatic rings. The van der Waals surface area contributed by atoms with Gasteiger partial charge in [0.25, 0.3) is 0 Å². The number of aliphatic hydroxyl groups excluding tert-OH is 1. The van der Waals surface area contributed by atoms with Crippen LogP contribution in [0.1, 0.15) is 39.0 Å². The van der Waals surface area contributed by atoms with E-state index < -0.39 is 0 Å². The molecule has 0 heterocycles. The third-order valence-corrected chi connectivity index (χ3v) is 3.00. The lowest BCUT2D eigenvalue weighted by atomic mass is 9.77. The molecule has 1 aliphatic rings. The zero-order valence-electron chi connectivity index (χ0n) is 9.22. The first-order valence-electron chi connectivity index (χ1n) is 5.76. The van der Waals surface area contributed by atoms with E-state index in [-0.39, 0.29) is 12.1 Å². The molecule has 0 spiro atoms. The number of rotatable bonds is 8. The van der Waals surface area contributed by atoms with Crippen LogP contribution in [0, 0.1) is 0 Å². The van der Waals surface area contributed by atoms with Crippen LogP contribution in [-0.2, 0) is 4.74 Å².